The largest absolute Gasteiger partial charge is 0.457 e. The number of unbranched alkanes of at least 4 members (excludes halogenated alkanes) is 18. The van der Waals surface area contributed by atoms with Crippen molar-refractivity contribution in [1.29, 1.82) is 0 Å². The normalized spacial score (nSPS) is 21.5. The van der Waals surface area contributed by atoms with E-state index in [0.29, 0.717) is 13.0 Å². The first kappa shape index (κ1) is 49.6. The molecule has 0 aliphatic carbocycles. The second kappa shape index (κ2) is 32.8. The lowest BCUT2D eigenvalue weighted by molar-refractivity contribution is -0.301. The molecule has 6 atom stereocenters. The molecule has 1 aliphatic rings. The maximum atomic E-state index is 12.8. The maximum absolute atomic E-state index is 12.8. The van der Waals surface area contributed by atoms with Gasteiger partial charge in [-0.3, -0.25) is 9.35 Å². The van der Waals surface area contributed by atoms with Crippen LogP contribution in [0, 0.1) is 0 Å². The highest BCUT2D eigenvalue weighted by atomic mass is 32.3. The van der Waals surface area contributed by atoms with Crippen LogP contribution in [0.15, 0.2) is 24.3 Å². The third-order valence-electron chi connectivity index (χ3n) is 9.33. The van der Waals surface area contributed by atoms with E-state index in [0.717, 1.165) is 51.4 Å². The van der Waals surface area contributed by atoms with E-state index in [9.17, 15) is 28.5 Å². The molecule has 0 saturated carbocycles. The minimum Gasteiger partial charge on any atom is -0.457 e. The van der Waals surface area contributed by atoms with E-state index in [1.807, 2.05) is 0 Å². The molecule has 0 amide bonds. The molecule has 0 aromatic carbocycles. The molecule has 0 aromatic heterocycles. The summed E-state index contributed by atoms with van der Waals surface area (Å²) in [6.07, 6.45) is 25.2. The Morgan fingerprint density at radius 2 is 1.25 bits per heavy atom. The number of hydrogen-bond acceptors (Lipinski definition) is 11. The quantitative estimate of drug-likeness (QED) is 0.0214. The number of aliphatic hydroxyl groups excluding tert-OH is 3. The number of hydrogen-bond donors (Lipinski definition) is 4. The van der Waals surface area contributed by atoms with Crippen molar-refractivity contribution in [2.75, 3.05) is 26.4 Å². The zero-order valence-corrected chi connectivity index (χ0v) is 33.6. The molecule has 4 N–H and O–H groups in total. The van der Waals surface area contributed by atoms with E-state index in [4.69, 9.17) is 23.5 Å². The van der Waals surface area contributed by atoms with Gasteiger partial charge >= 0.3 is 16.4 Å². The molecule has 1 rings (SSSR count). The molecule has 6 unspecified atom stereocenters. The first-order valence-electron chi connectivity index (χ1n) is 20.6. The van der Waals surface area contributed by atoms with E-state index in [2.05, 4.69) is 42.3 Å². The predicted octanol–water partition coefficient (Wildman–Crippen LogP) is 7.68. The summed E-state index contributed by atoms with van der Waals surface area (Å²) < 4.78 is 58.7. The van der Waals surface area contributed by atoms with Crippen molar-refractivity contribution in [3.05, 3.63) is 24.3 Å². The van der Waals surface area contributed by atoms with Gasteiger partial charge in [-0.1, -0.05) is 134 Å². The number of esters is 1. The van der Waals surface area contributed by atoms with Crippen LogP contribution in [0.25, 0.3) is 0 Å². The highest BCUT2D eigenvalue weighted by Gasteiger charge is 2.48. The minimum absolute atomic E-state index is 0.0359. The number of carbonyl (C=O) groups is 1. The Hall–Kier alpha value is -1.42. The summed E-state index contributed by atoms with van der Waals surface area (Å²) in [5.41, 5.74) is 0. The van der Waals surface area contributed by atoms with Crippen LogP contribution in [-0.4, -0.2) is 97.5 Å². The lowest BCUT2D eigenvalue weighted by Gasteiger charge is -2.41. The van der Waals surface area contributed by atoms with E-state index < -0.39 is 59.8 Å². The van der Waals surface area contributed by atoms with Gasteiger partial charge in [-0.2, -0.15) is 8.42 Å². The molecule has 1 fully saturated rings. The monoisotopic (exact) mass is 778 g/mol. The summed E-state index contributed by atoms with van der Waals surface area (Å²) >= 11 is 0. The number of ether oxygens (including phenoxy) is 4. The molecule has 53 heavy (non-hydrogen) atoms. The van der Waals surface area contributed by atoms with Gasteiger partial charge in [0, 0.05) is 13.0 Å². The van der Waals surface area contributed by atoms with Gasteiger partial charge in [0.05, 0.1) is 19.8 Å². The summed E-state index contributed by atoms with van der Waals surface area (Å²) in [6, 6.07) is 0. The van der Waals surface area contributed by atoms with Gasteiger partial charge in [-0.05, 0) is 44.9 Å². The average Bonchev–Trinajstić information content (AvgIpc) is 3.12. The van der Waals surface area contributed by atoms with Crippen molar-refractivity contribution in [3.8, 4) is 0 Å². The highest BCUT2D eigenvalue weighted by molar-refractivity contribution is 7.80. The molecule has 0 spiro atoms. The molecule has 0 bridgehead atoms. The average molecular weight is 779 g/mol. The van der Waals surface area contributed by atoms with Gasteiger partial charge in [-0.15, -0.1) is 0 Å². The molecule has 12 nitrogen and oxygen atoms in total. The van der Waals surface area contributed by atoms with Crippen LogP contribution in [0.2, 0.25) is 0 Å². The summed E-state index contributed by atoms with van der Waals surface area (Å²) in [4.78, 5) is 12.8. The molecular formula is C40H74O12S. The SMILES string of the molecule is CCCCC/C=C\C/C=C\CCCCCCCCCCCC(=O)OC(COCCCCCCCCC)COC1OC(CO)C(O)C(OS(=O)(=O)O)C1O. The molecule has 312 valence electrons. The van der Waals surface area contributed by atoms with Gasteiger partial charge in [-0.25, -0.2) is 4.18 Å². The molecule has 1 aliphatic heterocycles. The van der Waals surface area contributed by atoms with Gasteiger partial charge in [0.15, 0.2) is 6.29 Å². The molecular weight excluding hydrogens is 704 g/mol. The highest BCUT2D eigenvalue weighted by Crippen LogP contribution is 2.26. The second-order valence-electron chi connectivity index (χ2n) is 14.2. The number of allylic oxidation sites excluding steroid dienone is 4. The van der Waals surface area contributed by atoms with Crippen molar-refractivity contribution in [3.63, 3.8) is 0 Å². The maximum Gasteiger partial charge on any atom is 0.397 e. The molecule has 13 heteroatoms. The van der Waals surface area contributed by atoms with Crippen LogP contribution in [0.1, 0.15) is 162 Å². The summed E-state index contributed by atoms with van der Waals surface area (Å²) in [5.74, 6) is -0.406. The van der Waals surface area contributed by atoms with Crippen LogP contribution >= 0.6 is 0 Å². The fourth-order valence-electron chi connectivity index (χ4n) is 6.17. The Morgan fingerprint density at radius 3 is 1.83 bits per heavy atom. The van der Waals surface area contributed by atoms with E-state index in [-0.39, 0.29) is 19.6 Å². The van der Waals surface area contributed by atoms with Crippen LogP contribution in [0.5, 0.6) is 0 Å². The van der Waals surface area contributed by atoms with Gasteiger partial charge < -0.3 is 34.3 Å². The van der Waals surface area contributed by atoms with Crippen molar-refractivity contribution >= 4 is 16.4 Å². The third-order valence-corrected chi connectivity index (χ3v) is 9.79. The first-order valence-corrected chi connectivity index (χ1v) is 22.0. The first-order chi connectivity index (χ1) is 25.6. The number of aliphatic hydroxyl groups is 3. The minimum atomic E-state index is -5.05. The fourth-order valence-corrected chi connectivity index (χ4v) is 6.68. The lowest BCUT2D eigenvalue weighted by Crippen LogP contribution is -2.60. The smallest absolute Gasteiger partial charge is 0.397 e. The Balaban J connectivity index is 2.39. The molecule has 0 radical (unpaired) electrons. The predicted molar refractivity (Wildman–Crippen MR) is 207 cm³/mol. The Labute approximate surface area is 321 Å². The van der Waals surface area contributed by atoms with E-state index in [1.54, 1.807) is 0 Å². The Bertz CT molecular complexity index is 1040. The topological polar surface area (TPSA) is 178 Å². The van der Waals surface area contributed by atoms with Crippen molar-refractivity contribution < 1.29 is 56.2 Å². The van der Waals surface area contributed by atoms with Crippen LogP contribution in [-0.2, 0) is 38.3 Å². The zero-order valence-electron chi connectivity index (χ0n) is 32.8. The molecule has 1 heterocycles. The number of carbonyl (C=O) groups excluding carboxylic acids is 1. The van der Waals surface area contributed by atoms with Gasteiger partial charge in [0.25, 0.3) is 0 Å². The zero-order chi connectivity index (χ0) is 39.0. The fraction of sp³-hybridized carbons (Fsp3) is 0.875. The molecule has 1 saturated heterocycles. The standard InChI is InChI=1S/C40H74O12S/c1-3-5-7-9-11-12-13-14-15-16-17-18-19-20-21-22-23-25-27-29-36(42)50-34(32-48-30-28-26-24-10-8-6-4-2)33-49-40-38(44)39(52-53(45,46)47)37(43)35(31-41)51-40/h11-12,14-15,34-35,37-41,43-44H,3-10,13,16-33H2,1-2H3,(H,45,46,47)/b12-11-,15-14-. The van der Waals surface area contributed by atoms with Crippen LogP contribution < -0.4 is 0 Å². The summed E-state index contributed by atoms with van der Waals surface area (Å²) in [5, 5.41) is 30.5. The summed E-state index contributed by atoms with van der Waals surface area (Å²) in [7, 11) is -5.05. The van der Waals surface area contributed by atoms with Gasteiger partial charge in [0.1, 0.15) is 30.5 Å². The van der Waals surface area contributed by atoms with Crippen LogP contribution in [0.4, 0.5) is 0 Å². The second-order valence-corrected chi connectivity index (χ2v) is 15.3. The number of rotatable bonds is 35. The Morgan fingerprint density at radius 1 is 0.717 bits per heavy atom. The summed E-state index contributed by atoms with van der Waals surface area (Å²) in [6.45, 7) is 3.91. The third kappa shape index (κ3) is 26.9. The van der Waals surface area contributed by atoms with Crippen molar-refractivity contribution in [2.24, 2.45) is 0 Å². The van der Waals surface area contributed by atoms with Crippen LogP contribution in [0.3, 0.4) is 0 Å². The van der Waals surface area contributed by atoms with Crippen molar-refractivity contribution in [1.82, 2.24) is 0 Å². The van der Waals surface area contributed by atoms with Gasteiger partial charge in [0.2, 0.25) is 0 Å². The Kier molecular flexibility index (Phi) is 30.7. The van der Waals surface area contributed by atoms with E-state index in [1.165, 1.54) is 83.5 Å². The lowest BCUT2D eigenvalue weighted by atomic mass is 9.99. The van der Waals surface area contributed by atoms with Crippen molar-refractivity contribution in [2.45, 2.75) is 198 Å². The molecule has 0 aromatic rings. The van der Waals surface area contributed by atoms with E-state index >= 15 is 0 Å².